The molecule has 2 aromatic rings. The summed E-state index contributed by atoms with van der Waals surface area (Å²) in [6.45, 7) is 1.90. The number of amides is 1. The summed E-state index contributed by atoms with van der Waals surface area (Å²) >= 11 is 6.40. The third-order valence-electron chi connectivity index (χ3n) is 3.47. The lowest BCUT2D eigenvalue weighted by atomic mass is 9.99. The Kier molecular flexibility index (Phi) is 3.22. The Morgan fingerprint density at radius 3 is 2.85 bits per heavy atom. The molecule has 0 saturated heterocycles. The van der Waals surface area contributed by atoms with Crippen molar-refractivity contribution in [1.29, 1.82) is 0 Å². The number of carbonyl (C=O) groups excluding carboxylic acids is 1. The van der Waals surface area contributed by atoms with Gasteiger partial charge in [0, 0.05) is 11.3 Å². The van der Waals surface area contributed by atoms with E-state index in [9.17, 15) is 9.18 Å². The highest BCUT2D eigenvalue weighted by Gasteiger charge is 2.21. The van der Waals surface area contributed by atoms with E-state index in [0.717, 1.165) is 22.4 Å². The number of anilines is 1. The van der Waals surface area contributed by atoms with E-state index in [1.54, 1.807) is 12.1 Å². The first kappa shape index (κ1) is 13.1. The number of hydrogen-bond acceptors (Lipinski definition) is 1. The summed E-state index contributed by atoms with van der Waals surface area (Å²) in [5.41, 5.74) is 3.94. The molecule has 4 heteroatoms. The number of rotatable bonds is 2. The molecule has 0 fully saturated rings. The zero-order valence-electron chi connectivity index (χ0n) is 10.9. The van der Waals surface area contributed by atoms with E-state index in [1.165, 1.54) is 6.07 Å². The van der Waals surface area contributed by atoms with Crippen molar-refractivity contribution >= 4 is 23.2 Å². The first-order valence-corrected chi connectivity index (χ1v) is 6.81. The second-order valence-electron chi connectivity index (χ2n) is 5.03. The van der Waals surface area contributed by atoms with E-state index >= 15 is 0 Å². The number of fused-ring (bicyclic) bond motifs is 1. The lowest BCUT2D eigenvalue weighted by Crippen LogP contribution is -2.03. The van der Waals surface area contributed by atoms with Crippen LogP contribution in [-0.4, -0.2) is 5.91 Å². The van der Waals surface area contributed by atoms with Crippen LogP contribution < -0.4 is 5.32 Å². The maximum Gasteiger partial charge on any atom is 0.228 e. The van der Waals surface area contributed by atoms with Crippen LogP contribution in [0.15, 0.2) is 36.4 Å². The van der Waals surface area contributed by atoms with Crippen molar-refractivity contribution in [3.05, 3.63) is 64.5 Å². The molecule has 0 spiro atoms. The van der Waals surface area contributed by atoms with Gasteiger partial charge in [0.05, 0.1) is 11.8 Å². The predicted molar refractivity (Wildman–Crippen MR) is 77.6 cm³/mol. The number of benzene rings is 2. The topological polar surface area (TPSA) is 29.1 Å². The Balaban J connectivity index is 1.99. The fraction of sp³-hybridized carbons (Fsp3) is 0.188. The Morgan fingerprint density at radius 2 is 2.05 bits per heavy atom. The third kappa shape index (κ3) is 2.29. The van der Waals surface area contributed by atoms with Gasteiger partial charge in [-0.05, 0) is 30.2 Å². The van der Waals surface area contributed by atoms with Crippen molar-refractivity contribution in [2.45, 2.75) is 18.7 Å². The number of alkyl halides is 1. The van der Waals surface area contributed by atoms with Gasteiger partial charge in [0.15, 0.2) is 0 Å². The Morgan fingerprint density at radius 1 is 1.25 bits per heavy atom. The lowest BCUT2D eigenvalue weighted by molar-refractivity contribution is -0.115. The molecule has 0 radical (unpaired) electrons. The predicted octanol–water partition coefficient (Wildman–Crippen LogP) is 3.96. The Bertz CT molecular complexity index is 699. The molecule has 1 aliphatic heterocycles. The molecule has 0 aromatic heterocycles. The second-order valence-corrected chi connectivity index (χ2v) is 5.47. The molecular weight excluding hydrogens is 277 g/mol. The summed E-state index contributed by atoms with van der Waals surface area (Å²) in [5.74, 6) is -0.338. The molecule has 1 N–H and O–H groups in total. The van der Waals surface area contributed by atoms with Crippen LogP contribution in [0, 0.1) is 12.7 Å². The molecule has 1 aliphatic rings. The standard InChI is InChI=1S/C16H13ClFNO/c1-9-2-4-13(18)12(6-9)16(17)10-3-5-14-11(7-10)8-15(20)19-14/h2-7,16H,8H2,1H3,(H,19,20). The van der Waals surface area contributed by atoms with Crippen molar-refractivity contribution in [1.82, 2.24) is 0 Å². The molecule has 1 heterocycles. The highest BCUT2D eigenvalue weighted by Crippen LogP contribution is 2.34. The number of nitrogens with one attached hydrogen (secondary N) is 1. The maximum atomic E-state index is 13.9. The molecule has 0 bridgehead atoms. The van der Waals surface area contributed by atoms with Gasteiger partial charge in [-0.2, -0.15) is 0 Å². The van der Waals surface area contributed by atoms with Gasteiger partial charge in [0.25, 0.3) is 0 Å². The van der Waals surface area contributed by atoms with Gasteiger partial charge in [-0.25, -0.2) is 4.39 Å². The van der Waals surface area contributed by atoms with Crippen LogP contribution in [0.2, 0.25) is 0 Å². The normalized spacial score (nSPS) is 14.8. The Hall–Kier alpha value is -1.87. The zero-order valence-corrected chi connectivity index (χ0v) is 11.7. The summed E-state index contributed by atoms with van der Waals surface area (Å²) in [5, 5.41) is 2.21. The summed E-state index contributed by atoms with van der Waals surface area (Å²) in [4.78, 5) is 11.3. The van der Waals surface area contributed by atoms with Gasteiger partial charge >= 0.3 is 0 Å². The van der Waals surface area contributed by atoms with E-state index in [2.05, 4.69) is 5.32 Å². The van der Waals surface area contributed by atoms with Crippen molar-refractivity contribution in [2.75, 3.05) is 5.32 Å². The molecule has 1 unspecified atom stereocenters. The molecule has 3 rings (SSSR count). The van der Waals surface area contributed by atoms with E-state index < -0.39 is 5.38 Å². The quantitative estimate of drug-likeness (QED) is 0.833. The van der Waals surface area contributed by atoms with Crippen LogP contribution in [0.1, 0.15) is 27.6 Å². The van der Waals surface area contributed by atoms with Gasteiger partial charge in [-0.1, -0.05) is 29.8 Å². The van der Waals surface area contributed by atoms with Crippen molar-refractivity contribution in [3.8, 4) is 0 Å². The molecule has 0 saturated carbocycles. The lowest BCUT2D eigenvalue weighted by Gasteiger charge is -2.13. The van der Waals surface area contributed by atoms with Crippen molar-refractivity contribution in [3.63, 3.8) is 0 Å². The van der Waals surface area contributed by atoms with E-state index in [4.69, 9.17) is 11.6 Å². The van der Waals surface area contributed by atoms with E-state index in [1.807, 2.05) is 25.1 Å². The number of carbonyl (C=O) groups is 1. The maximum absolute atomic E-state index is 13.9. The van der Waals surface area contributed by atoms with E-state index in [0.29, 0.717) is 12.0 Å². The molecule has 1 amide bonds. The fourth-order valence-corrected chi connectivity index (χ4v) is 2.75. The summed E-state index contributed by atoms with van der Waals surface area (Å²) in [6, 6.07) is 10.4. The van der Waals surface area contributed by atoms with Gasteiger partial charge in [0.1, 0.15) is 5.82 Å². The molecule has 1 atom stereocenters. The summed E-state index contributed by atoms with van der Waals surface area (Å²) in [6.07, 6.45) is 0.350. The van der Waals surface area contributed by atoms with Gasteiger partial charge < -0.3 is 5.32 Å². The van der Waals surface area contributed by atoms with E-state index in [-0.39, 0.29) is 11.7 Å². The van der Waals surface area contributed by atoms with Crippen molar-refractivity contribution < 1.29 is 9.18 Å². The minimum atomic E-state index is -0.559. The first-order chi connectivity index (χ1) is 9.54. The molecule has 20 heavy (non-hydrogen) atoms. The zero-order chi connectivity index (χ0) is 14.3. The summed E-state index contributed by atoms with van der Waals surface area (Å²) in [7, 11) is 0. The first-order valence-electron chi connectivity index (χ1n) is 6.37. The molecule has 2 nitrogen and oxygen atoms in total. The monoisotopic (exact) mass is 289 g/mol. The molecule has 0 aliphatic carbocycles. The average Bonchev–Trinajstić information content (AvgIpc) is 2.79. The molecular formula is C16H13ClFNO. The average molecular weight is 290 g/mol. The minimum absolute atomic E-state index is 0.0231. The third-order valence-corrected chi connectivity index (χ3v) is 3.96. The summed E-state index contributed by atoms with van der Waals surface area (Å²) < 4.78 is 13.9. The second kappa shape index (κ2) is 4.91. The molecule has 102 valence electrons. The van der Waals surface area contributed by atoms with Gasteiger partial charge in [0.2, 0.25) is 5.91 Å². The smallest absolute Gasteiger partial charge is 0.228 e. The molecule has 2 aromatic carbocycles. The van der Waals surface area contributed by atoms with Gasteiger partial charge in [-0.3, -0.25) is 4.79 Å². The number of aryl methyl sites for hydroxylation is 1. The highest BCUT2D eigenvalue weighted by molar-refractivity contribution is 6.22. The highest BCUT2D eigenvalue weighted by atomic mass is 35.5. The van der Waals surface area contributed by atoms with Gasteiger partial charge in [-0.15, -0.1) is 11.6 Å². The SMILES string of the molecule is Cc1ccc(F)c(C(Cl)c2ccc3c(c2)CC(=O)N3)c1. The fourth-order valence-electron chi connectivity index (χ4n) is 2.44. The van der Waals surface area contributed by atoms with Crippen LogP contribution in [0.5, 0.6) is 0 Å². The van der Waals surface area contributed by atoms with Crippen LogP contribution >= 0.6 is 11.6 Å². The van der Waals surface area contributed by atoms with Crippen LogP contribution in [-0.2, 0) is 11.2 Å². The van der Waals surface area contributed by atoms with Crippen LogP contribution in [0.4, 0.5) is 10.1 Å². The minimum Gasteiger partial charge on any atom is -0.326 e. The largest absolute Gasteiger partial charge is 0.326 e. The van der Waals surface area contributed by atoms with Crippen LogP contribution in [0.25, 0.3) is 0 Å². The van der Waals surface area contributed by atoms with Crippen molar-refractivity contribution in [2.24, 2.45) is 0 Å². The number of hydrogen-bond donors (Lipinski definition) is 1. The number of halogens is 2. The Labute approximate surface area is 121 Å². The van der Waals surface area contributed by atoms with Crippen LogP contribution in [0.3, 0.4) is 0 Å².